The monoisotopic (exact) mass is 408 g/mol. The summed E-state index contributed by atoms with van der Waals surface area (Å²) in [5, 5.41) is 6.15. The van der Waals surface area contributed by atoms with Gasteiger partial charge in [0.15, 0.2) is 6.61 Å². The van der Waals surface area contributed by atoms with Crippen molar-refractivity contribution in [3.63, 3.8) is 0 Å². The van der Waals surface area contributed by atoms with Gasteiger partial charge in [-0.05, 0) is 56.3 Å². The van der Waals surface area contributed by atoms with Crippen LogP contribution in [0.3, 0.4) is 0 Å². The van der Waals surface area contributed by atoms with E-state index in [2.05, 4.69) is 17.6 Å². The smallest absolute Gasteiger partial charge is 0.422 e. The molecule has 1 aliphatic rings. The zero-order chi connectivity index (χ0) is 19.2. The quantitative estimate of drug-likeness (QED) is 0.717. The third-order valence-electron chi connectivity index (χ3n) is 4.74. The molecule has 0 saturated carbocycles. The SMILES string of the molecule is Cc1ccc(CNC(=O)CC(C)C2CCCNC2)c(OCC(F)(F)F)c1.Cl. The lowest BCUT2D eigenvalue weighted by atomic mass is 9.85. The van der Waals surface area contributed by atoms with E-state index in [0.29, 0.717) is 17.9 Å². The Balaban J connectivity index is 0.00000364. The first-order chi connectivity index (χ1) is 12.2. The van der Waals surface area contributed by atoms with E-state index in [1.807, 2.05) is 0 Å². The minimum Gasteiger partial charge on any atom is -0.484 e. The molecule has 2 rings (SSSR count). The van der Waals surface area contributed by atoms with Crippen molar-refractivity contribution in [1.82, 2.24) is 10.6 Å². The van der Waals surface area contributed by atoms with Crippen LogP contribution in [-0.4, -0.2) is 31.8 Å². The Morgan fingerprint density at radius 1 is 1.41 bits per heavy atom. The summed E-state index contributed by atoms with van der Waals surface area (Å²) in [5.41, 5.74) is 1.34. The van der Waals surface area contributed by atoms with Crippen molar-refractivity contribution in [3.8, 4) is 5.75 Å². The average molecular weight is 409 g/mol. The molecule has 0 aromatic heterocycles. The number of carbonyl (C=O) groups excluding carboxylic acids is 1. The fourth-order valence-corrected chi connectivity index (χ4v) is 3.19. The van der Waals surface area contributed by atoms with Gasteiger partial charge in [0, 0.05) is 18.5 Å². The van der Waals surface area contributed by atoms with Crippen molar-refractivity contribution in [2.75, 3.05) is 19.7 Å². The number of hydrogen-bond donors (Lipinski definition) is 2. The van der Waals surface area contributed by atoms with Gasteiger partial charge < -0.3 is 15.4 Å². The molecule has 1 fully saturated rings. The van der Waals surface area contributed by atoms with Crippen LogP contribution in [0.5, 0.6) is 5.75 Å². The number of carbonyl (C=O) groups is 1. The first kappa shape index (κ1) is 23.6. The number of nitrogens with one attached hydrogen (secondary N) is 2. The molecular weight excluding hydrogens is 381 g/mol. The minimum absolute atomic E-state index is 0. The zero-order valence-corrected chi connectivity index (χ0v) is 16.5. The van der Waals surface area contributed by atoms with Crippen LogP contribution < -0.4 is 15.4 Å². The highest BCUT2D eigenvalue weighted by Crippen LogP contribution is 2.25. The summed E-state index contributed by atoms with van der Waals surface area (Å²) >= 11 is 0. The van der Waals surface area contributed by atoms with E-state index in [9.17, 15) is 18.0 Å². The summed E-state index contributed by atoms with van der Waals surface area (Å²) in [6, 6.07) is 5.04. The van der Waals surface area contributed by atoms with Crippen molar-refractivity contribution < 1.29 is 22.7 Å². The molecule has 0 aliphatic carbocycles. The van der Waals surface area contributed by atoms with E-state index >= 15 is 0 Å². The molecule has 0 spiro atoms. The average Bonchev–Trinajstić information content (AvgIpc) is 2.59. The van der Waals surface area contributed by atoms with E-state index < -0.39 is 12.8 Å². The summed E-state index contributed by atoms with van der Waals surface area (Å²) < 4.78 is 42.1. The molecule has 2 atom stereocenters. The number of benzene rings is 1. The summed E-state index contributed by atoms with van der Waals surface area (Å²) in [6.07, 6.45) is -1.74. The van der Waals surface area contributed by atoms with Gasteiger partial charge in [-0.3, -0.25) is 4.79 Å². The standard InChI is InChI=1S/C19H27F3N2O2.ClH/c1-13-5-6-16(17(8-13)26-12-19(20,21)22)11-24-18(25)9-14(2)15-4-3-7-23-10-15;/h5-6,8,14-15,23H,3-4,7,9-12H2,1-2H3,(H,24,25);1H. The Morgan fingerprint density at radius 3 is 2.78 bits per heavy atom. The van der Waals surface area contributed by atoms with Crippen LogP contribution in [0.1, 0.15) is 37.3 Å². The molecule has 1 aromatic rings. The Hall–Kier alpha value is -1.47. The number of aryl methyl sites for hydroxylation is 1. The molecule has 1 aromatic carbocycles. The first-order valence-corrected chi connectivity index (χ1v) is 9.01. The lowest BCUT2D eigenvalue weighted by Crippen LogP contribution is -2.35. The predicted octanol–water partition coefficient (Wildman–Crippen LogP) is 4.00. The highest BCUT2D eigenvalue weighted by atomic mass is 35.5. The van der Waals surface area contributed by atoms with Gasteiger partial charge >= 0.3 is 6.18 Å². The van der Waals surface area contributed by atoms with Gasteiger partial charge in [0.25, 0.3) is 0 Å². The van der Waals surface area contributed by atoms with Crippen LogP contribution in [0, 0.1) is 18.8 Å². The molecular formula is C19H28ClF3N2O2. The Bertz CT molecular complexity index is 605. The van der Waals surface area contributed by atoms with Crippen molar-refractivity contribution in [3.05, 3.63) is 29.3 Å². The highest BCUT2D eigenvalue weighted by molar-refractivity contribution is 5.85. The lowest BCUT2D eigenvalue weighted by Gasteiger charge is -2.28. The minimum atomic E-state index is -4.40. The maximum absolute atomic E-state index is 12.4. The van der Waals surface area contributed by atoms with E-state index in [-0.39, 0.29) is 36.5 Å². The lowest BCUT2D eigenvalue weighted by molar-refractivity contribution is -0.153. The molecule has 1 aliphatic heterocycles. The molecule has 4 nitrogen and oxygen atoms in total. The largest absolute Gasteiger partial charge is 0.484 e. The maximum Gasteiger partial charge on any atom is 0.422 e. The number of hydrogen-bond acceptors (Lipinski definition) is 3. The van der Waals surface area contributed by atoms with E-state index in [1.165, 1.54) is 0 Å². The van der Waals surface area contributed by atoms with Gasteiger partial charge in [-0.2, -0.15) is 13.2 Å². The third-order valence-corrected chi connectivity index (χ3v) is 4.74. The molecule has 1 saturated heterocycles. The molecule has 2 N–H and O–H groups in total. The van der Waals surface area contributed by atoms with Crippen LogP contribution in [0.2, 0.25) is 0 Å². The summed E-state index contributed by atoms with van der Waals surface area (Å²) in [7, 11) is 0. The van der Waals surface area contributed by atoms with E-state index in [1.54, 1.807) is 25.1 Å². The third kappa shape index (κ3) is 8.39. The number of ether oxygens (including phenoxy) is 1. The van der Waals surface area contributed by atoms with Gasteiger partial charge in [0.2, 0.25) is 5.91 Å². The van der Waals surface area contributed by atoms with Crippen molar-refractivity contribution in [1.29, 1.82) is 0 Å². The molecule has 1 heterocycles. The van der Waals surface area contributed by atoms with Crippen LogP contribution in [-0.2, 0) is 11.3 Å². The second-order valence-corrected chi connectivity index (χ2v) is 7.08. The molecule has 0 radical (unpaired) electrons. The Morgan fingerprint density at radius 2 is 2.15 bits per heavy atom. The van der Waals surface area contributed by atoms with E-state index in [0.717, 1.165) is 31.5 Å². The van der Waals surface area contributed by atoms with Crippen molar-refractivity contribution >= 4 is 18.3 Å². The van der Waals surface area contributed by atoms with Gasteiger partial charge in [-0.1, -0.05) is 19.1 Å². The molecule has 27 heavy (non-hydrogen) atoms. The first-order valence-electron chi connectivity index (χ1n) is 9.01. The van der Waals surface area contributed by atoms with Crippen LogP contribution in [0.25, 0.3) is 0 Å². The number of alkyl halides is 3. The maximum atomic E-state index is 12.4. The summed E-state index contributed by atoms with van der Waals surface area (Å²) in [4.78, 5) is 12.2. The number of amides is 1. The predicted molar refractivity (Wildman–Crippen MR) is 101 cm³/mol. The topological polar surface area (TPSA) is 50.4 Å². The molecule has 2 unspecified atom stereocenters. The summed E-state index contributed by atoms with van der Waals surface area (Å²) in [6.45, 7) is 4.63. The van der Waals surface area contributed by atoms with Crippen molar-refractivity contribution in [2.24, 2.45) is 11.8 Å². The van der Waals surface area contributed by atoms with Gasteiger partial charge in [0.05, 0.1) is 0 Å². The number of piperidine rings is 1. The van der Waals surface area contributed by atoms with Gasteiger partial charge in [-0.15, -0.1) is 12.4 Å². The zero-order valence-electron chi connectivity index (χ0n) is 15.7. The van der Waals surface area contributed by atoms with Crippen LogP contribution in [0.4, 0.5) is 13.2 Å². The fraction of sp³-hybridized carbons (Fsp3) is 0.632. The highest BCUT2D eigenvalue weighted by Gasteiger charge is 2.29. The summed E-state index contributed by atoms with van der Waals surface area (Å²) in [5.74, 6) is 0.818. The van der Waals surface area contributed by atoms with Crippen LogP contribution in [0.15, 0.2) is 18.2 Å². The molecule has 154 valence electrons. The van der Waals surface area contributed by atoms with Crippen LogP contribution >= 0.6 is 12.4 Å². The molecule has 8 heteroatoms. The Labute approximate surface area is 164 Å². The number of halogens is 4. The molecule has 0 bridgehead atoms. The van der Waals surface area contributed by atoms with Gasteiger partial charge in [-0.25, -0.2) is 0 Å². The van der Waals surface area contributed by atoms with Gasteiger partial charge in [0.1, 0.15) is 5.75 Å². The second kappa shape index (κ2) is 10.8. The number of rotatable bonds is 7. The Kier molecular flexibility index (Phi) is 9.39. The fourth-order valence-electron chi connectivity index (χ4n) is 3.19. The molecule has 1 amide bonds. The second-order valence-electron chi connectivity index (χ2n) is 7.08. The normalized spacial score (nSPS) is 18.3. The van der Waals surface area contributed by atoms with E-state index in [4.69, 9.17) is 4.74 Å². The van der Waals surface area contributed by atoms with Crippen molar-refractivity contribution in [2.45, 2.75) is 45.8 Å².